The number of hydrogen-bond acceptors (Lipinski definition) is 5. The molecule has 1 aromatic carbocycles. The van der Waals surface area contributed by atoms with Crippen LogP contribution in [0.4, 0.5) is 4.79 Å². The number of hydrogen-bond donors (Lipinski definition) is 3. The molecular formula is C26H32N6O3. The molecule has 3 aromatic rings. The highest BCUT2D eigenvalue weighted by Crippen LogP contribution is 2.26. The molecule has 35 heavy (non-hydrogen) atoms. The number of benzene rings is 1. The molecule has 0 bridgehead atoms. The zero-order chi connectivity index (χ0) is 25.2. The Labute approximate surface area is 204 Å². The average Bonchev–Trinajstić information content (AvgIpc) is 3.28. The van der Waals surface area contributed by atoms with Gasteiger partial charge in [-0.1, -0.05) is 12.1 Å². The number of fused-ring (bicyclic) bond motifs is 1. The molecule has 1 aliphatic rings. The number of aromatic nitrogens is 2. The summed E-state index contributed by atoms with van der Waals surface area (Å²) in [6, 6.07) is 11.2. The maximum Gasteiger partial charge on any atom is 0.325 e. The molecule has 3 N–H and O–H groups in total. The van der Waals surface area contributed by atoms with E-state index in [1.54, 1.807) is 20.0 Å². The Bertz CT molecular complexity index is 1250. The van der Waals surface area contributed by atoms with Crippen LogP contribution in [0.25, 0.3) is 10.9 Å². The lowest BCUT2D eigenvalue weighted by molar-refractivity contribution is -0.130. The first-order valence-corrected chi connectivity index (χ1v) is 11.8. The van der Waals surface area contributed by atoms with E-state index in [1.807, 2.05) is 44.4 Å². The number of imide groups is 1. The quantitative estimate of drug-likeness (QED) is 0.411. The number of carbonyl (C=O) groups is 3. The van der Waals surface area contributed by atoms with Crippen LogP contribution in [0.2, 0.25) is 0 Å². The lowest BCUT2D eigenvalue weighted by Gasteiger charge is -2.16. The molecule has 1 fully saturated rings. The maximum atomic E-state index is 13.1. The molecule has 0 unspecified atom stereocenters. The van der Waals surface area contributed by atoms with Crippen molar-refractivity contribution in [2.24, 2.45) is 0 Å². The minimum absolute atomic E-state index is 0.177. The van der Waals surface area contributed by atoms with Crippen molar-refractivity contribution in [3.63, 3.8) is 0 Å². The van der Waals surface area contributed by atoms with Crippen LogP contribution in [-0.4, -0.2) is 70.3 Å². The fraction of sp³-hybridized carbons (Fsp3) is 0.385. The van der Waals surface area contributed by atoms with E-state index in [2.05, 4.69) is 31.6 Å². The highest BCUT2D eigenvalue weighted by molar-refractivity contribution is 6.06. The van der Waals surface area contributed by atoms with Gasteiger partial charge in [0.1, 0.15) is 11.2 Å². The number of carbonyl (C=O) groups excluding carboxylic acids is 3. The average molecular weight is 477 g/mol. The molecule has 0 spiro atoms. The van der Waals surface area contributed by atoms with Crippen LogP contribution in [-0.2, 0) is 24.2 Å². The van der Waals surface area contributed by atoms with Gasteiger partial charge in [0.15, 0.2) is 0 Å². The second-order valence-corrected chi connectivity index (χ2v) is 9.68. The summed E-state index contributed by atoms with van der Waals surface area (Å²) in [4.78, 5) is 48.7. The van der Waals surface area contributed by atoms with E-state index in [0.29, 0.717) is 31.6 Å². The highest BCUT2D eigenvalue weighted by atomic mass is 16.2. The van der Waals surface area contributed by atoms with Gasteiger partial charge in [0.25, 0.3) is 11.8 Å². The number of nitrogens with one attached hydrogen (secondary N) is 3. The number of likely N-dealkylation sites (N-methyl/N-ethyl adjacent to an activating group) is 1. The lowest BCUT2D eigenvalue weighted by atomic mass is 10.0. The van der Waals surface area contributed by atoms with Gasteiger partial charge in [0.05, 0.1) is 12.2 Å². The number of pyridine rings is 1. The number of urea groups is 1. The van der Waals surface area contributed by atoms with Gasteiger partial charge in [-0.3, -0.25) is 19.5 Å². The van der Waals surface area contributed by atoms with Gasteiger partial charge >= 0.3 is 6.03 Å². The van der Waals surface area contributed by atoms with Crippen LogP contribution in [0.15, 0.2) is 42.6 Å². The molecule has 0 atom stereocenters. The predicted octanol–water partition coefficient (Wildman–Crippen LogP) is 2.47. The lowest BCUT2D eigenvalue weighted by Crippen LogP contribution is -2.40. The molecule has 184 valence electrons. The van der Waals surface area contributed by atoms with Gasteiger partial charge in [-0.05, 0) is 76.2 Å². The monoisotopic (exact) mass is 476 g/mol. The molecule has 4 amide bonds. The van der Waals surface area contributed by atoms with Crippen molar-refractivity contribution < 1.29 is 14.4 Å². The zero-order valence-corrected chi connectivity index (χ0v) is 20.6. The summed E-state index contributed by atoms with van der Waals surface area (Å²) < 4.78 is 0. The van der Waals surface area contributed by atoms with Gasteiger partial charge in [-0.25, -0.2) is 4.79 Å². The zero-order valence-electron chi connectivity index (χ0n) is 20.6. The summed E-state index contributed by atoms with van der Waals surface area (Å²) in [5.74, 6) is -0.396. The van der Waals surface area contributed by atoms with E-state index < -0.39 is 5.54 Å². The normalized spacial score (nSPS) is 15.2. The second kappa shape index (κ2) is 9.87. The fourth-order valence-corrected chi connectivity index (χ4v) is 4.26. The SMILES string of the molecule is CN(C)CCc1c(C(=O)NCc2ccccn2)[nH]c2ccc(CCN3C(=O)NC(C)(C)C3=O)cc12. The number of amides is 4. The summed E-state index contributed by atoms with van der Waals surface area (Å²) in [5.41, 5.74) is 3.28. The van der Waals surface area contributed by atoms with Crippen LogP contribution < -0.4 is 10.6 Å². The van der Waals surface area contributed by atoms with Crippen molar-refractivity contribution in [3.8, 4) is 0 Å². The van der Waals surface area contributed by atoms with E-state index in [4.69, 9.17) is 0 Å². The van der Waals surface area contributed by atoms with E-state index in [-0.39, 0.29) is 17.8 Å². The number of aromatic amines is 1. The largest absolute Gasteiger partial charge is 0.350 e. The minimum atomic E-state index is -0.876. The molecule has 0 radical (unpaired) electrons. The highest BCUT2D eigenvalue weighted by Gasteiger charge is 2.43. The smallest absolute Gasteiger partial charge is 0.325 e. The Morgan fingerprint density at radius 1 is 1.14 bits per heavy atom. The molecule has 1 aliphatic heterocycles. The molecule has 9 nitrogen and oxygen atoms in total. The third kappa shape index (κ3) is 5.35. The van der Waals surface area contributed by atoms with E-state index >= 15 is 0 Å². The van der Waals surface area contributed by atoms with Crippen molar-refractivity contribution in [2.75, 3.05) is 27.2 Å². The first-order valence-electron chi connectivity index (χ1n) is 11.8. The predicted molar refractivity (Wildman–Crippen MR) is 134 cm³/mol. The van der Waals surface area contributed by atoms with E-state index in [0.717, 1.165) is 34.3 Å². The Morgan fingerprint density at radius 2 is 1.94 bits per heavy atom. The van der Waals surface area contributed by atoms with Crippen molar-refractivity contribution in [3.05, 3.63) is 65.1 Å². The molecule has 2 aromatic heterocycles. The summed E-state index contributed by atoms with van der Waals surface area (Å²) in [7, 11) is 4.00. The summed E-state index contributed by atoms with van der Waals surface area (Å²) in [6.07, 6.45) is 2.93. The van der Waals surface area contributed by atoms with Gasteiger partial charge < -0.3 is 20.5 Å². The van der Waals surface area contributed by atoms with Crippen molar-refractivity contribution in [1.82, 2.24) is 30.4 Å². The van der Waals surface area contributed by atoms with Crippen molar-refractivity contribution in [1.29, 1.82) is 0 Å². The third-order valence-electron chi connectivity index (χ3n) is 6.23. The molecule has 0 saturated carbocycles. The molecular weight excluding hydrogens is 444 g/mol. The van der Waals surface area contributed by atoms with Gasteiger partial charge in [0.2, 0.25) is 0 Å². The summed E-state index contributed by atoms with van der Waals surface area (Å²) in [5, 5.41) is 6.65. The Hall–Kier alpha value is -3.72. The van der Waals surface area contributed by atoms with Crippen LogP contribution in [0, 0.1) is 0 Å². The van der Waals surface area contributed by atoms with Gasteiger partial charge in [-0.15, -0.1) is 0 Å². The third-order valence-corrected chi connectivity index (χ3v) is 6.23. The summed E-state index contributed by atoms with van der Waals surface area (Å²) >= 11 is 0. The van der Waals surface area contributed by atoms with Crippen LogP contribution in [0.3, 0.4) is 0 Å². The number of rotatable bonds is 9. The van der Waals surface area contributed by atoms with Crippen LogP contribution in [0.1, 0.15) is 41.2 Å². The molecule has 9 heteroatoms. The summed E-state index contributed by atoms with van der Waals surface area (Å²) in [6.45, 7) is 4.84. The van der Waals surface area contributed by atoms with Crippen LogP contribution in [0.5, 0.6) is 0 Å². The minimum Gasteiger partial charge on any atom is -0.350 e. The molecule has 4 rings (SSSR count). The first-order chi connectivity index (χ1) is 16.7. The Morgan fingerprint density at radius 3 is 2.60 bits per heavy atom. The van der Waals surface area contributed by atoms with Gasteiger partial charge in [-0.2, -0.15) is 0 Å². The first kappa shape index (κ1) is 24.4. The van der Waals surface area contributed by atoms with Crippen LogP contribution >= 0.6 is 0 Å². The molecule has 1 saturated heterocycles. The second-order valence-electron chi connectivity index (χ2n) is 9.68. The molecule has 0 aliphatic carbocycles. The van der Waals surface area contributed by atoms with Crippen molar-refractivity contribution in [2.45, 2.75) is 38.8 Å². The van der Waals surface area contributed by atoms with Crippen molar-refractivity contribution >= 4 is 28.7 Å². The standard InChI is InChI=1S/C26H32N6O3/c1-26(2)24(34)32(25(35)30-26)14-10-17-8-9-21-20(15-17)19(11-13-31(3)4)22(29-21)23(33)28-16-18-7-5-6-12-27-18/h5-9,12,15,29H,10-11,13-14,16H2,1-4H3,(H,28,33)(H,30,35). The Balaban J connectivity index is 1.56. The Kier molecular flexibility index (Phi) is 6.88. The number of nitrogens with zero attached hydrogens (tertiary/aromatic N) is 3. The maximum absolute atomic E-state index is 13.1. The van der Waals surface area contributed by atoms with Gasteiger partial charge in [0, 0.05) is 30.2 Å². The fourth-order valence-electron chi connectivity index (χ4n) is 4.26. The van der Waals surface area contributed by atoms with E-state index in [1.165, 1.54) is 4.90 Å². The topological polar surface area (TPSA) is 110 Å². The molecule has 3 heterocycles. The van der Waals surface area contributed by atoms with E-state index in [9.17, 15) is 14.4 Å². The number of H-pyrrole nitrogens is 1.